The van der Waals surface area contributed by atoms with E-state index in [9.17, 15) is 10.1 Å². The Bertz CT molecular complexity index is 601. The number of hydrogen-bond acceptors (Lipinski definition) is 6. The van der Waals surface area contributed by atoms with Crippen molar-refractivity contribution in [3.8, 4) is 17.1 Å². The van der Waals surface area contributed by atoms with Crippen molar-refractivity contribution in [3.05, 3.63) is 40.6 Å². The molecule has 2 rings (SSSR count). The summed E-state index contributed by atoms with van der Waals surface area (Å²) in [5, 5.41) is 10.8. The Balaban J connectivity index is 2.60. The first-order valence-electron chi connectivity index (χ1n) is 5.03. The molecule has 0 spiro atoms. The fourth-order valence-corrected chi connectivity index (χ4v) is 1.51. The summed E-state index contributed by atoms with van der Waals surface area (Å²) in [5.74, 6) is 0.539. The van der Waals surface area contributed by atoms with E-state index in [0.29, 0.717) is 17.1 Å². The fourth-order valence-electron chi connectivity index (χ4n) is 1.51. The highest BCUT2D eigenvalue weighted by Crippen LogP contribution is 2.29. The summed E-state index contributed by atoms with van der Waals surface area (Å²) in [6, 6.07) is 5.89. The van der Waals surface area contributed by atoms with Crippen molar-refractivity contribution in [1.82, 2.24) is 9.97 Å². The highest BCUT2D eigenvalue weighted by atomic mass is 16.6. The first kappa shape index (κ1) is 11.8. The molecule has 0 amide bonds. The van der Waals surface area contributed by atoms with Crippen LogP contribution in [0, 0.1) is 10.1 Å². The zero-order valence-corrected chi connectivity index (χ0v) is 9.53. The molecule has 0 aliphatic rings. The maximum Gasteiger partial charge on any atom is 0.275 e. The van der Waals surface area contributed by atoms with Gasteiger partial charge in [0.15, 0.2) is 0 Å². The molecular formula is C11H10N4O3. The molecule has 2 aromatic rings. The minimum absolute atomic E-state index is 0.0620. The van der Waals surface area contributed by atoms with Gasteiger partial charge in [0.2, 0.25) is 0 Å². The number of nitrogens with zero attached hydrogens (tertiary/aromatic N) is 3. The van der Waals surface area contributed by atoms with Crippen LogP contribution < -0.4 is 10.5 Å². The quantitative estimate of drug-likeness (QED) is 0.652. The van der Waals surface area contributed by atoms with Gasteiger partial charge in [0.25, 0.3) is 5.69 Å². The summed E-state index contributed by atoms with van der Waals surface area (Å²) in [6.07, 6.45) is 1.55. The van der Waals surface area contributed by atoms with E-state index in [1.165, 1.54) is 19.2 Å². The van der Waals surface area contributed by atoms with Crippen molar-refractivity contribution in [2.45, 2.75) is 0 Å². The third-order valence-electron chi connectivity index (χ3n) is 2.27. The summed E-state index contributed by atoms with van der Waals surface area (Å²) < 4.78 is 5.13. The van der Waals surface area contributed by atoms with Crippen molar-refractivity contribution in [3.63, 3.8) is 0 Å². The molecule has 0 aliphatic carbocycles. The number of nitrogen functional groups attached to an aromatic ring is 1. The zero-order chi connectivity index (χ0) is 13.1. The van der Waals surface area contributed by atoms with Crippen LogP contribution in [0.3, 0.4) is 0 Å². The van der Waals surface area contributed by atoms with E-state index in [0.717, 1.165) is 0 Å². The van der Waals surface area contributed by atoms with Gasteiger partial charge < -0.3 is 10.5 Å². The lowest BCUT2D eigenvalue weighted by Gasteiger charge is -2.06. The van der Waals surface area contributed by atoms with Crippen LogP contribution >= 0.6 is 0 Å². The summed E-state index contributed by atoms with van der Waals surface area (Å²) in [5.41, 5.74) is 6.13. The first-order valence-corrected chi connectivity index (χ1v) is 5.03. The minimum atomic E-state index is -0.531. The van der Waals surface area contributed by atoms with E-state index < -0.39 is 4.92 Å². The largest absolute Gasteiger partial charge is 0.494 e. The summed E-state index contributed by atoms with van der Waals surface area (Å²) >= 11 is 0. The summed E-state index contributed by atoms with van der Waals surface area (Å²) in [4.78, 5) is 18.4. The fraction of sp³-hybridized carbons (Fsp3) is 0.0909. The van der Waals surface area contributed by atoms with Gasteiger partial charge in [-0.1, -0.05) is 0 Å². The van der Waals surface area contributed by atoms with Crippen molar-refractivity contribution < 1.29 is 9.66 Å². The number of nitro groups is 1. The smallest absolute Gasteiger partial charge is 0.275 e. The van der Waals surface area contributed by atoms with Gasteiger partial charge in [-0.15, -0.1) is 0 Å². The average molecular weight is 246 g/mol. The maximum absolute atomic E-state index is 10.8. The van der Waals surface area contributed by atoms with Gasteiger partial charge in [-0.05, 0) is 12.1 Å². The second kappa shape index (κ2) is 4.66. The molecule has 2 heterocycles. The molecule has 92 valence electrons. The van der Waals surface area contributed by atoms with Gasteiger partial charge in [0.1, 0.15) is 23.0 Å². The monoisotopic (exact) mass is 246 g/mol. The predicted molar refractivity (Wildman–Crippen MR) is 65.1 cm³/mol. The summed E-state index contributed by atoms with van der Waals surface area (Å²) in [7, 11) is 1.49. The second-order valence-electron chi connectivity index (χ2n) is 3.45. The molecule has 0 saturated carbocycles. The molecule has 0 fully saturated rings. The molecule has 18 heavy (non-hydrogen) atoms. The van der Waals surface area contributed by atoms with Crippen molar-refractivity contribution in [2.24, 2.45) is 0 Å². The highest BCUT2D eigenvalue weighted by molar-refractivity contribution is 5.66. The van der Waals surface area contributed by atoms with Crippen molar-refractivity contribution in [2.75, 3.05) is 12.8 Å². The number of methoxy groups -OCH3 is 1. The third-order valence-corrected chi connectivity index (χ3v) is 2.27. The van der Waals surface area contributed by atoms with Gasteiger partial charge in [-0.25, -0.2) is 4.98 Å². The Morgan fingerprint density at radius 1 is 1.44 bits per heavy atom. The van der Waals surface area contributed by atoms with Crippen LogP contribution in [0.25, 0.3) is 11.4 Å². The number of nitrogens with two attached hydrogens (primary N) is 1. The van der Waals surface area contributed by atoms with E-state index in [4.69, 9.17) is 10.5 Å². The third kappa shape index (κ3) is 2.19. The SMILES string of the molecule is COc1cccnc1-c1cc([N+](=O)[O-])cc(N)n1. The number of anilines is 1. The Morgan fingerprint density at radius 3 is 2.89 bits per heavy atom. The van der Waals surface area contributed by atoms with E-state index in [2.05, 4.69) is 9.97 Å². The normalized spacial score (nSPS) is 10.1. The maximum atomic E-state index is 10.8. The number of ether oxygens (including phenoxy) is 1. The van der Waals surface area contributed by atoms with E-state index >= 15 is 0 Å². The van der Waals surface area contributed by atoms with Gasteiger partial charge in [0.05, 0.1) is 18.1 Å². The molecule has 0 atom stereocenters. The van der Waals surface area contributed by atoms with E-state index in [1.807, 2.05) is 0 Å². The number of pyridine rings is 2. The topological polar surface area (TPSA) is 104 Å². The van der Waals surface area contributed by atoms with Crippen LogP contribution in [0.15, 0.2) is 30.5 Å². The van der Waals surface area contributed by atoms with Crippen LogP contribution in [0.5, 0.6) is 5.75 Å². The van der Waals surface area contributed by atoms with E-state index in [1.54, 1.807) is 18.3 Å². The molecule has 7 heteroatoms. The van der Waals surface area contributed by atoms with Crippen LogP contribution in [0.1, 0.15) is 0 Å². The minimum Gasteiger partial charge on any atom is -0.494 e. The van der Waals surface area contributed by atoms with Gasteiger partial charge in [-0.3, -0.25) is 15.1 Å². The molecule has 0 aliphatic heterocycles. The van der Waals surface area contributed by atoms with Gasteiger partial charge >= 0.3 is 0 Å². The Labute approximate surface area is 102 Å². The van der Waals surface area contributed by atoms with Crippen LogP contribution in [-0.2, 0) is 0 Å². The van der Waals surface area contributed by atoms with Crippen molar-refractivity contribution >= 4 is 11.5 Å². The van der Waals surface area contributed by atoms with Crippen LogP contribution in [0.2, 0.25) is 0 Å². The molecule has 0 unspecified atom stereocenters. The molecular weight excluding hydrogens is 236 g/mol. The molecule has 7 nitrogen and oxygen atoms in total. The molecule has 0 saturated heterocycles. The first-order chi connectivity index (χ1) is 8.61. The second-order valence-corrected chi connectivity index (χ2v) is 3.45. The molecule has 0 bridgehead atoms. The van der Waals surface area contributed by atoms with Crippen LogP contribution in [0.4, 0.5) is 11.5 Å². The lowest BCUT2D eigenvalue weighted by Crippen LogP contribution is -1.99. The molecule has 2 N–H and O–H groups in total. The zero-order valence-electron chi connectivity index (χ0n) is 9.53. The summed E-state index contributed by atoms with van der Waals surface area (Å²) in [6.45, 7) is 0. The molecule has 0 aromatic carbocycles. The Hall–Kier alpha value is -2.70. The number of rotatable bonds is 3. The standard InChI is InChI=1S/C11H10N4O3/c1-18-9-3-2-4-13-11(9)8-5-7(15(16)17)6-10(12)14-8/h2-6H,1H3,(H2,12,14). The van der Waals surface area contributed by atoms with Gasteiger partial charge in [0, 0.05) is 12.3 Å². The molecule has 2 aromatic heterocycles. The molecule has 0 radical (unpaired) electrons. The van der Waals surface area contributed by atoms with Gasteiger partial charge in [-0.2, -0.15) is 0 Å². The number of hydrogen-bond donors (Lipinski definition) is 1. The predicted octanol–water partition coefficient (Wildman–Crippen LogP) is 1.64. The van der Waals surface area contributed by atoms with Crippen LogP contribution in [-0.4, -0.2) is 22.0 Å². The Kier molecular flexibility index (Phi) is 3.05. The Morgan fingerprint density at radius 2 is 2.22 bits per heavy atom. The highest BCUT2D eigenvalue weighted by Gasteiger charge is 2.14. The van der Waals surface area contributed by atoms with E-state index in [-0.39, 0.29) is 11.5 Å². The van der Waals surface area contributed by atoms with Crippen molar-refractivity contribution in [1.29, 1.82) is 0 Å². The average Bonchev–Trinajstić information content (AvgIpc) is 2.38. The number of aromatic nitrogens is 2. The lowest BCUT2D eigenvalue weighted by molar-refractivity contribution is -0.384. The lowest BCUT2D eigenvalue weighted by atomic mass is 10.2.